The summed E-state index contributed by atoms with van der Waals surface area (Å²) in [7, 11) is 3.10. The molecular weight excluding hydrogens is 366 g/mol. The molecule has 0 spiro atoms. The van der Waals surface area contributed by atoms with Gasteiger partial charge in [-0.15, -0.1) is 0 Å². The van der Waals surface area contributed by atoms with Gasteiger partial charge in [0.05, 0.1) is 32.6 Å². The van der Waals surface area contributed by atoms with E-state index in [2.05, 4.69) is 34.7 Å². The average Bonchev–Trinajstić information content (AvgIpc) is 3.20. The number of anilines is 1. The van der Waals surface area contributed by atoms with Gasteiger partial charge in [-0.05, 0) is 34.5 Å². The predicted octanol–water partition coefficient (Wildman–Crippen LogP) is 4.35. The number of amides is 1. The van der Waals surface area contributed by atoms with Gasteiger partial charge in [0.15, 0.2) is 11.5 Å². The van der Waals surface area contributed by atoms with Crippen molar-refractivity contribution < 1.29 is 14.3 Å². The molecule has 0 saturated carbocycles. The van der Waals surface area contributed by atoms with Gasteiger partial charge in [0.1, 0.15) is 0 Å². The van der Waals surface area contributed by atoms with E-state index in [9.17, 15) is 4.79 Å². The first-order chi connectivity index (χ1) is 14.2. The highest BCUT2D eigenvalue weighted by Gasteiger charge is 2.12. The quantitative estimate of drug-likeness (QED) is 0.534. The molecule has 4 aromatic rings. The third-order valence-corrected chi connectivity index (χ3v) is 4.75. The Hall–Kier alpha value is -3.80. The van der Waals surface area contributed by atoms with Gasteiger partial charge >= 0.3 is 0 Å². The lowest BCUT2D eigenvalue weighted by Gasteiger charge is -2.09. The first kappa shape index (κ1) is 18.6. The maximum atomic E-state index is 12.6. The fraction of sp³-hybridized carbons (Fsp3) is 0.130. The Morgan fingerprint density at radius 2 is 1.79 bits per heavy atom. The lowest BCUT2D eigenvalue weighted by atomic mass is 10.0. The Morgan fingerprint density at radius 1 is 1.00 bits per heavy atom. The normalized spacial score (nSPS) is 10.7. The molecule has 0 unspecified atom stereocenters. The molecule has 1 N–H and O–H groups in total. The van der Waals surface area contributed by atoms with Crippen LogP contribution in [0.1, 0.15) is 15.9 Å². The zero-order valence-corrected chi connectivity index (χ0v) is 16.3. The van der Waals surface area contributed by atoms with Crippen LogP contribution < -0.4 is 14.8 Å². The highest BCUT2D eigenvalue weighted by Crippen LogP contribution is 2.28. The minimum Gasteiger partial charge on any atom is -0.493 e. The summed E-state index contributed by atoms with van der Waals surface area (Å²) in [6.45, 7) is 0.619. The maximum Gasteiger partial charge on any atom is 0.255 e. The molecule has 29 heavy (non-hydrogen) atoms. The molecule has 0 saturated heterocycles. The summed E-state index contributed by atoms with van der Waals surface area (Å²) >= 11 is 0. The van der Waals surface area contributed by atoms with Crippen molar-refractivity contribution in [2.45, 2.75) is 6.54 Å². The fourth-order valence-corrected chi connectivity index (χ4v) is 3.30. The molecule has 6 nitrogen and oxygen atoms in total. The summed E-state index contributed by atoms with van der Waals surface area (Å²) in [6.07, 6.45) is 3.46. The molecule has 0 bridgehead atoms. The molecule has 0 radical (unpaired) electrons. The van der Waals surface area contributed by atoms with E-state index in [0.717, 1.165) is 0 Å². The van der Waals surface area contributed by atoms with Gasteiger partial charge in [-0.2, -0.15) is 5.10 Å². The number of ether oxygens (including phenoxy) is 2. The molecule has 1 heterocycles. The number of benzene rings is 3. The van der Waals surface area contributed by atoms with Gasteiger partial charge in [0, 0.05) is 11.8 Å². The van der Waals surface area contributed by atoms with Gasteiger partial charge in [0.2, 0.25) is 0 Å². The van der Waals surface area contributed by atoms with E-state index in [0.29, 0.717) is 29.3 Å². The second-order valence-electron chi connectivity index (χ2n) is 6.59. The van der Waals surface area contributed by atoms with Crippen molar-refractivity contribution in [2.24, 2.45) is 0 Å². The van der Waals surface area contributed by atoms with Crippen LogP contribution in [-0.2, 0) is 6.54 Å². The zero-order chi connectivity index (χ0) is 20.2. The monoisotopic (exact) mass is 387 g/mol. The van der Waals surface area contributed by atoms with E-state index in [-0.39, 0.29) is 5.91 Å². The van der Waals surface area contributed by atoms with Crippen LogP contribution in [0.5, 0.6) is 11.5 Å². The summed E-state index contributed by atoms with van der Waals surface area (Å²) < 4.78 is 12.3. The summed E-state index contributed by atoms with van der Waals surface area (Å²) in [5.74, 6) is 0.842. The highest BCUT2D eigenvalue weighted by molar-refractivity contribution is 6.04. The average molecular weight is 387 g/mol. The van der Waals surface area contributed by atoms with E-state index in [4.69, 9.17) is 9.47 Å². The summed E-state index contributed by atoms with van der Waals surface area (Å²) in [6, 6.07) is 19.5. The molecule has 0 aliphatic carbocycles. The van der Waals surface area contributed by atoms with Gasteiger partial charge < -0.3 is 14.8 Å². The number of rotatable bonds is 6. The Morgan fingerprint density at radius 3 is 2.62 bits per heavy atom. The number of hydrogen-bond donors (Lipinski definition) is 1. The van der Waals surface area contributed by atoms with Crippen LogP contribution >= 0.6 is 0 Å². The van der Waals surface area contributed by atoms with Crippen molar-refractivity contribution >= 4 is 22.4 Å². The first-order valence-corrected chi connectivity index (χ1v) is 9.20. The van der Waals surface area contributed by atoms with Crippen LogP contribution in [0.3, 0.4) is 0 Å². The second kappa shape index (κ2) is 8.06. The largest absolute Gasteiger partial charge is 0.493 e. The van der Waals surface area contributed by atoms with Crippen molar-refractivity contribution in [3.05, 3.63) is 84.2 Å². The first-order valence-electron chi connectivity index (χ1n) is 9.20. The van der Waals surface area contributed by atoms with E-state index in [1.165, 1.54) is 23.4 Å². The summed E-state index contributed by atoms with van der Waals surface area (Å²) in [5, 5.41) is 9.64. The molecule has 0 aliphatic rings. The number of carbonyl (C=O) groups excluding carboxylic acids is 1. The van der Waals surface area contributed by atoms with Gasteiger partial charge in [-0.3, -0.25) is 9.48 Å². The molecule has 3 aromatic carbocycles. The van der Waals surface area contributed by atoms with Crippen LogP contribution in [0.2, 0.25) is 0 Å². The van der Waals surface area contributed by atoms with Gasteiger partial charge in [-0.25, -0.2) is 0 Å². The van der Waals surface area contributed by atoms with Gasteiger partial charge in [-0.1, -0.05) is 42.5 Å². The van der Waals surface area contributed by atoms with E-state index < -0.39 is 0 Å². The third-order valence-electron chi connectivity index (χ3n) is 4.75. The Labute approximate surface area is 168 Å². The number of fused-ring (bicyclic) bond motifs is 1. The van der Waals surface area contributed by atoms with Crippen molar-refractivity contribution in [3.8, 4) is 11.5 Å². The lowest BCUT2D eigenvalue weighted by Crippen LogP contribution is -2.11. The number of nitrogens with zero attached hydrogens (tertiary/aromatic N) is 2. The van der Waals surface area contributed by atoms with Crippen molar-refractivity contribution in [1.82, 2.24) is 9.78 Å². The van der Waals surface area contributed by atoms with Crippen LogP contribution in [0.15, 0.2) is 73.1 Å². The predicted molar refractivity (Wildman–Crippen MR) is 113 cm³/mol. The fourth-order valence-electron chi connectivity index (χ4n) is 3.30. The number of carbonyl (C=O) groups is 1. The standard InChI is InChI=1S/C23H21N3O3/c1-28-21-11-10-17(12-22(21)29-2)23(27)25-19-13-24-26(15-19)14-18-8-5-7-16-6-3-4-9-20(16)18/h3-13,15H,14H2,1-2H3,(H,25,27). The molecule has 0 atom stereocenters. The van der Waals surface area contributed by atoms with Crippen molar-refractivity contribution in [3.63, 3.8) is 0 Å². The Balaban J connectivity index is 1.50. The molecular formula is C23H21N3O3. The van der Waals surface area contributed by atoms with Crippen molar-refractivity contribution in [2.75, 3.05) is 19.5 Å². The number of aromatic nitrogens is 2. The van der Waals surface area contributed by atoms with E-state index in [1.54, 1.807) is 31.5 Å². The minimum absolute atomic E-state index is 0.240. The Bertz CT molecular complexity index is 1160. The minimum atomic E-state index is -0.240. The smallest absolute Gasteiger partial charge is 0.255 e. The molecule has 4 rings (SSSR count). The second-order valence-corrected chi connectivity index (χ2v) is 6.59. The highest BCUT2D eigenvalue weighted by atomic mass is 16.5. The molecule has 6 heteroatoms. The molecule has 0 aliphatic heterocycles. The molecule has 1 aromatic heterocycles. The van der Waals surface area contributed by atoms with Crippen LogP contribution in [-0.4, -0.2) is 29.9 Å². The summed E-state index contributed by atoms with van der Waals surface area (Å²) in [4.78, 5) is 12.6. The Kier molecular flexibility index (Phi) is 5.16. The molecule has 0 fully saturated rings. The van der Waals surface area contributed by atoms with Crippen LogP contribution in [0, 0.1) is 0 Å². The molecule has 1 amide bonds. The topological polar surface area (TPSA) is 65.4 Å². The maximum absolute atomic E-state index is 12.6. The number of nitrogens with one attached hydrogen (secondary N) is 1. The van der Waals surface area contributed by atoms with E-state index >= 15 is 0 Å². The zero-order valence-electron chi connectivity index (χ0n) is 16.3. The van der Waals surface area contributed by atoms with E-state index in [1.807, 2.05) is 29.1 Å². The van der Waals surface area contributed by atoms with Gasteiger partial charge in [0.25, 0.3) is 5.91 Å². The number of methoxy groups -OCH3 is 2. The van der Waals surface area contributed by atoms with Crippen LogP contribution in [0.25, 0.3) is 10.8 Å². The van der Waals surface area contributed by atoms with Crippen molar-refractivity contribution in [1.29, 1.82) is 0 Å². The summed E-state index contributed by atoms with van der Waals surface area (Å²) in [5.41, 5.74) is 2.28. The SMILES string of the molecule is COc1ccc(C(=O)Nc2cnn(Cc3cccc4ccccc34)c2)cc1OC. The lowest BCUT2D eigenvalue weighted by molar-refractivity contribution is 0.102. The van der Waals surface area contributed by atoms with Crippen LogP contribution in [0.4, 0.5) is 5.69 Å². The third kappa shape index (κ3) is 3.91. The molecule has 146 valence electrons. The number of hydrogen-bond acceptors (Lipinski definition) is 4.